The lowest BCUT2D eigenvalue weighted by Gasteiger charge is -2.29. The summed E-state index contributed by atoms with van der Waals surface area (Å²) < 4.78 is 0. The van der Waals surface area contributed by atoms with Gasteiger partial charge in [0.2, 0.25) is 41.4 Å². The van der Waals surface area contributed by atoms with Crippen LogP contribution >= 0.6 is 0 Å². The van der Waals surface area contributed by atoms with E-state index in [0.717, 1.165) is 35.3 Å². The highest BCUT2D eigenvalue weighted by Gasteiger charge is 2.32. The Bertz CT molecular complexity index is 2090. The van der Waals surface area contributed by atoms with E-state index < -0.39 is 111 Å². The van der Waals surface area contributed by atoms with E-state index in [2.05, 4.69) is 51.0 Å². The summed E-state index contributed by atoms with van der Waals surface area (Å²) in [5.74, 6) is -6.88. The number of amides is 8. The van der Waals surface area contributed by atoms with Crippen molar-refractivity contribution in [3.05, 3.63) is 89.5 Å². The molecule has 0 spiro atoms. The van der Waals surface area contributed by atoms with Gasteiger partial charge in [-0.2, -0.15) is 0 Å². The summed E-state index contributed by atoms with van der Waals surface area (Å²) in [6.07, 6.45) is 1.79. The highest BCUT2D eigenvalue weighted by atomic mass is 16.4. The van der Waals surface area contributed by atoms with Crippen molar-refractivity contribution in [1.29, 1.82) is 0 Å². The van der Waals surface area contributed by atoms with Crippen molar-refractivity contribution in [3.8, 4) is 16.9 Å². The van der Waals surface area contributed by atoms with Crippen molar-refractivity contribution in [2.24, 2.45) is 5.73 Å². The molecule has 64 heavy (non-hydrogen) atoms. The number of aliphatic hydroxyl groups is 1. The van der Waals surface area contributed by atoms with Crippen LogP contribution in [0.4, 0.5) is 0 Å². The number of primary amides is 1. The number of nitrogens with two attached hydrogens (primary N) is 1. The molecular weight excluding hydrogens is 831 g/mol. The molecule has 20 nitrogen and oxygen atoms in total. The van der Waals surface area contributed by atoms with E-state index in [0.29, 0.717) is 5.56 Å². The number of phenolic OH excluding ortho intramolecular Hbond substituents is 1. The van der Waals surface area contributed by atoms with Crippen LogP contribution in [-0.2, 0) is 46.4 Å². The second-order valence-electron chi connectivity index (χ2n) is 15.1. The molecule has 0 aliphatic heterocycles. The third-order valence-electron chi connectivity index (χ3n) is 10.0. The largest absolute Gasteiger partial charge is 0.508 e. The molecule has 0 radical (unpaired) electrons. The molecule has 0 unspecified atom stereocenters. The number of benzene rings is 3. The van der Waals surface area contributed by atoms with Gasteiger partial charge in [-0.05, 0) is 73.2 Å². The fourth-order valence-corrected chi connectivity index (χ4v) is 6.15. The van der Waals surface area contributed by atoms with Crippen LogP contribution in [-0.4, -0.2) is 136 Å². The Morgan fingerprint density at radius 1 is 0.688 bits per heavy atom. The number of nitrogens with one attached hydrogen (secondary N) is 6. The second-order valence-corrected chi connectivity index (χ2v) is 15.1. The Morgan fingerprint density at radius 3 is 1.81 bits per heavy atom. The number of hydrogen-bond acceptors (Lipinski definition) is 12. The SMILES string of the molecule is CCCCc1ccc(-c2ccc(C(=O)N[C@H](CO)C(=O)N[C@H](C)C(=O)NCC(=O)N(C)[C@@H](Cc3ccc(O)cc3)C(=O)N[C@@H](C)C(=O)N[C@@H](CC(N)=O)C(=O)NCB(O)O)cc2)cc1. The van der Waals surface area contributed by atoms with Crippen LogP contribution < -0.4 is 37.6 Å². The number of carbonyl (C=O) groups is 8. The lowest BCUT2D eigenvalue weighted by Crippen LogP contribution is -2.58. The lowest BCUT2D eigenvalue weighted by molar-refractivity contribution is -0.140. The molecule has 3 rings (SSSR count). The maximum atomic E-state index is 13.7. The summed E-state index contributed by atoms with van der Waals surface area (Å²) in [5.41, 5.74) is 9.01. The Labute approximate surface area is 370 Å². The zero-order chi connectivity index (χ0) is 47.5. The molecule has 21 heteroatoms. The first kappa shape index (κ1) is 51.5. The fraction of sp³-hybridized carbons (Fsp3) is 0.395. The summed E-state index contributed by atoms with van der Waals surface area (Å²) in [4.78, 5) is 104. The molecule has 0 aromatic heterocycles. The number of nitrogens with zero attached hydrogens (tertiary/aromatic N) is 1. The van der Waals surface area contributed by atoms with Gasteiger partial charge in [-0.1, -0.05) is 61.9 Å². The van der Waals surface area contributed by atoms with Crippen LogP contribution in [0.25, 0.3) is 11.1 Å². The second kappa shape index (κ2) is 25.3. The molecule has 0 aliphatic carbocycles. The maximum absolute atomic E-state index is 13.7. The van der Waals surface area contributed by atoms with Gasteiger partial charge in [0, 0.05) is 19.0 Å². The summed E-state index contributed by atoms with van der Waals surface area (Å²) in [6, 6.07) is 13.7. The molecule has 0 fully saturated rings. The number of rotatable bonds is 24. The maximum Gasteiger partial charge on any atom is 0.472 e. The summed E-state index contributed by atoms with van der Waals surface area (Å²) >= 11 is 0. The Morgan fingerprint density at radius 2 is 1.25 bits per heavy atom. The molecule has 0 saturated carbocycles. The minimum atomic E-state index is -1.92. The summed E-state index contributed by atoms with van der Waals surface area (Å²) in [5, 5.41) is 51.9. The van der Waals surface area contributed by atoms with E-state index >= 15 is 0 Å². The number of phenols is 1. The molecule has 3 aromatic carbocycles. The minimum Gasteiger partial charge on any atom is -0.508 e. The first-order valence-corrected chi connectivity index (χ1v) is 20.6. The lowest BCUT2D eigenvalue weighted by atomic mass is 9.92. The van der Waals surface area contributed by atoms with Crippen LogP contribution in [0.15, 0.2) is 72.8 Å². The number of aryl methyl sites for hydroxylation is 1. The zero-order valence-electron chi connectivity index (χ0n) is 36.1. The number of aromatic hydroxyl groups is 1. The summed E-state index contributed by atoms with van der Waals surface area (Å²) in [6.45, 7) is 3.26. The highest BCUT2D eigenvalue weighted by molar-refractivity contribution is 6.41. The van der Waals surface area contributed by atoms with Gasteiger partial charge in [-0.25, -0.2) is 0 Å². The molecular formula is C43H57BN8O12. The third kappa shape index (κ3) is 16.5. The van der Waals surface area contributed by atoms with Gasteiger partial charge < -0.3 is 62.8 Å². The van der Waals surface area contributed by atoms with Gasteiger partial charge >= 0.3 is 7.12 Å². The van der Waals surface area contributed by atoms with Crippen molar-refractivity contribution < 1.29 is 58.6 Å². The standard InChI is InChI=1S/C43H57BN8O12/c1-5-6-7-27-8-12-29(13-9-27)30-14-16-31(17-15-30)40(59)51-34(23-53)42(61)48-25(2)38(57)46-22-37(56)52(4)35(20-28-10-18-32(54)19-11-28)43(62)49-26(3)39(58)50-33(21-36(45)55)41(60)47-24-44(63)64/h8-19,25-26,33-35,53-54,63-64H,5-7,20-24H2,1-4H3,(H2,45,55)(H,46,57)(H,47,60)(H,48,61)(H,49,62)(H,50,58)(H,51,59)/t25-,26+,33+,34-,35+/m1/s1. The topological polar surface area (TPSA) is 319 Å². The van der Waals surface area contributed by atoms with E-state index in [4.69, 9.17) is 15.8 Å². The number of hydrogen-bond donors (Lipinski definition) is 11. The summed E-state index contributed by atoms with van der Waals surface area (Å²) in [7, 11) is -0.647. The van der Waals surface area contributed by atoms with E-state index in [-0.39, 0.29) is 17.7 Å². The highest BCUT2D eigenvalue weighted by Crippen LogP contribution is 2.21. The Hall–Kier alpha value is -6.84. The molecule has 8 amide bonds. The first-order chi connectivity index (χ1) is 30.3. The van der Waals surface area contributed by atoms with Crippen LogP contribution in [0.3, 0.4) is 0 Å². The van der Waals surface area contributed by atoms with Crippen molar-refractivity contribution >= 4 is 54.4 Å². The quantitative estimate of drug-likeness (QED) is 0.0443. The van der Waals surface area contributed by atoms with E-state index in [1.165, 1.54) is 50.7 Å². The molecule has 0 aliphatic rings. The fourth-order valence-electron chi connectivity index (χ4n) is 6.15. The average Bonchev–Trinajstić information content (AvgIpc) is 3.27. The van der Waals surface area contributed by atoms with Crippen LogP contribution in [0.2, 0.25) is 0 Å². The van der Waals surface area contributed by atoms with Gasteiger partial charge in [0.1, 0.15) is 36.0 Å². The monoisotopic (exact) mass is 888 g/mol. The van der Waals surface area contributed by atoms with E-state index in [1.54, 1.807) is 24.3 Å². The van der Waals surface area contributed by atoms with E-state index in [9.17, 15) is 48.6 Å². The number of carbonyl (C=O) groups excluding carboxylic acids is 8. The van der Waals surface area contributed by atoms with Crippen molar-refractivity contribution in [1.82, 2.24) is 36.8 Å². The number of unbranched alkanes of at least 4 members (excludes halogenated alkanes) is 1. The van der Waals surface area contributed by atoms with Gasteiger partial charge in [0.15, 0.2) is 0 Å². The van der Waals surface area contributed by atoms with E-state index in [1.807, 2.05) is 12.1 Å². The average molecular weight is 889 g/mol. The van der Waals surface area contributed by atoms with Gasteiger partial charge in [0.25, 0.3) is 5.91 Å². The predicted molar refractivity (Wildman–Crippen MR) is 234 cm³/mol. The first-order valence-electron chi connectivity index (χ1n) is 20.6. The Kier molecular flexibility index (Phi) is 20.4. The van der Waals surface area contributed by atoms with Gasteiger partial charge in [0.05, 0.1) is 26.0 Å². The van der Waals surface area contributed by atoms with Crippen LogP contribution in [0.1, 0.15) is 61.5 Å². The molecule has 3 aromatic rings. The molecule has 0 saturated heterocycles. The molecule has 344 valence electrons. The smallest absolute Gasteiger partial charge is 0.472 e. The minimum absolute atomic E-state index is 0.0659. The molecule has 0 heterocycles. The molecule has 0 bridgehead atoms. The van der Waals surface area contributed by atoms with Crippen molar-refractivity contribution in [2.45, 2.75) is 83.1 Å². The van der Waals surface area contributed by atoms with Crippen LogP contribution in [0.5, 0.6) is 5.75 Å². The Balaban J connectivity index is 1.60. The van der Waals surface area contributed by atoms with Gasteiger partial charge in [-0.3, -0.25) is 38.4 Å². The predicted octanol–water partition coefficient (Wildman–Crippen LogP) is -1.82. The number of aliphatic hydroxyl groups excluding tert-OH is 1. The molecule has 5 atom stereocenters. The number of likely N-dealkylation sites (N-methyl/N-ethyl adjacent to an activating group) is 1. The zero-order valence-corrected chi connectivity index (χ0v) is 36.1. The van der Waals surface area contributed by atoms with Crippen LogP contribution in [0, 0.1) is 0 Å². The third-order valence-corrected chi connectivity index (χ3v) is 10.0. The van der Waals surface area contributed by atoms with Crippen molar-refractivity contribution in [2.75, 3.05) is 26.6 Å². The van der Waals surface area contributed by atoms with Gasteiger partial charge in [-0.15, -0.1) is 0 Å². The molecule has 12 N–H and O–H groups in total. The van der Waals surface area contributed by atoms with Crippen molar-refractivity contribution in [3.63, 3.8) is 0 Å². The normalized spacial score (nSPS) is 13.1.